The molecule has 3 rings (SSSR count). The first-order valence-corrected chi connectivity index (χ1v) is 9.56. The van der Waals surface area contributed by atoms with Crippen LogP contribution in [-0.4, -0.2) is 35.6 Å². The summed E-state index contributed by atoms with van der Waals surface area (Å²) in [4.78, 5) is 27.6. The van der Waals surface area contributed by atoms with Gasteiger partial charge in [-0.3, -0.25) is 9.59 Å². The standard InChI is InChI=1S/C20H21FN2O3S/c1-3-23(12-13-8-9-16(26-2)14(21)10-13)19(24)11-18-20(25)22-15-6-4-5-7-17(15)27-18/h4-10,18H,3,11-12H2,1-2H3,(H,22,25). The van der Waals surface area contributed by atoms with Crippen molar-refractivity contribution in [1.29, 1.82) is 0 Å². The fraction of sp³-hybridized carbons (Fsp3) is 0.300. The number of nitrogens with zero attached hydrogens (tertiary/aromatic N) is 1. The molecule has 0 saturated carbocycles. The van der Waals surface area contributed by atoms with Gasteiger partial charge in [0.05, 0.1) is 18.0 Å². The van der Waals surface area contributed by atoms with Crippen molar-refractivity contribution >= 4 is 29.3 Å². The summed E-state index contributed by atoms with van der Waals surface area (Å²) in [5, 5.41) is 2.37. The van der Waals surface area contributed by atoms with E-state index in [0.717, 1.165) is 10.6 Å². The fourth-order valence-corrected chi connectivity index (χ4v) is 4.02. The van der Waals surface area contributed by atoms with Crippen LogP contribution in [0.3, 0.4) is 0 Å². The SMILES string of the molecule is CCN(Cc1ccc(OC)c(F)c1)C(=O)CC1Sc2ccccc2NC1=O. The molecule has 7 heteroatoms. The van der Waals surface area contributed by atoms with E-state index < -0.39 is 11.1 Å². The normalized spacial score (nSPS) is 15.7. The van der Waals surface area contributed by atoms with Gasteiger partial charge in [-0.05, 0) is 36.8 Å². The van der Waals surface area contributed by atoms with Crippen LogP contribution in [0.15, 0.2) is 47.4 Å². The molecule has 0 saturated heterocycles. The van der Waals surface area contributed by atoms with Gasteiger partial charge in [0.25, 0.3) is 0 Å². The predicted molar refractivity (Wildman–Crippen MR) is 103 cm³/mol. The van der Waals surface area contributed by atoms with Gasteiger partial charge >= 0.3 is 0 Å². The van der Waals surface area contributed by atoms with Gasteiger partial charge in [0, 0.05) is 24.4 Å². The van der Waals surface area contributed by atoms with Crippen molar-refractivity contribution in [2.24, 2.45) is 0 Å². The minimum absolute atomic E-state index is 0.0946. The van der Waals surface area contributed by atoms with Crippen LogP contribution < -0.4 is 10.1 Å². The molecule has 1 unspecified atom stereocenters. The van der Waals surface area contributed by atoms with Crippen LogP contribution in [0.5, 0.6) is 5.75 Å². The lowest BCUT2D eigenvalue weighted by Crippen LogP contribution is -2.37. The summed E-state index contributed by atoms with van der Waals surface area (Å²) in [6.45, 7) is 2.62. The van der Waals surface area contributed by atoms with Gasteiger partial charge in [-0.2, -0.15) is 0 Å². The van der Waals surface area contributed by atoms with E-state index in [1.165, 1.54) is 24.9 Å². The molecule has 2 amide bonds. The zero-order valence-electron chi connectivity index (χ0n) is 15.2. The van der Waals surface area contributed by atoms with E-state index in [-0.39, 0.29) is 30.5 Å². The van der Waals surface area contributed by atoms with E-state index in [9.17, 15) is 14.0 Å². The van der Waals surface area contributed by atoms with Gasteiger partial charge in [-0.15, -0.1) is 11.8 Å². The third-order valence-corrected chi connectivity index (χ3v) is 5.67. The Labute approximate surface area is 161 Å². The first-order chi connectivity index (χ1) is 13.0. The van der Waals surface area contributed by atoms with Crippen LogP contribution in [0.25, 0.3) is 0 Å². The summed E-state index contributed by atoms with van der Waals surface area (Å²) in [5.74, 6) is -0.598. The molecule has 142 valence electrons. The van der Waals surface area contributed by atoms with Gasteiger partial charge in [-0.1, -0.05) is 18.2 Å². The Hall–Kier alpha value is -2.54. The number of ether oxygens (including phenoxy) is 1. The number of nitrogens with one attached hydrogen (secondary N) is 1. The van der Waals surface area contributed by atoms with Crippen molar-refractivity contribution in [3.05, 3.63) is 53.8 Å². The molecule has 0 fully saturated rings. The number of benzene rings is 2. The number of methoxy groups -OCH3 is 1. The number of hydrogen-bond acceptors (Lipinski definition) is 4. The van der Waals surface area contributed by atoms with Crippen molar-refractivity contribution in [3.63, 3.8) is 0 Å². The minimum Gasteiger partial charge on any atom is -0.494 e. The number of carbonyl (C=O) groups excluding carboxylic acids is 2. The third kappa shape index (κ3) is 4.42. The largest absolute Gasteiger partial charge is 0.494 e. The number of hydrogen-bond donors (Lipinski definition) is 1. The molecule has 0 spiro atoms. The average Bonchev–Trinajstić information content (AvgIpc) is 2.66. The number of carbonyl (C=O) groups is 2. The molecule has 1 N–H and O–H groups in total. The number of anilines is 1. The minimum atomic E-state index is -0.478. The maximum Gasteiger partial charge on any atom is 0.238 e. The Morgan fingerprint density at radius 3 is 2.78 bits per heavy atom. The van der Waals surface area contributed by atoms with Crippen molar-refractivity contribution < 1.29 is 18.7 Å². The summed E-state index contributed by atoms with van der Waals surface area (Å²) in [6, 6.07) is 12.2. The van der Waals surface area contributed by atoms with E-state index in [2.05, 4.69) is 5.32 Å². The fourth-order valence-electron chi connectivity index (χ4n) is 2.92. The van der Waals surface area contributed by atoms with E-state index in [1.54, 1.807) is 17.0 Å². The highest BCUT2D eigenvalue weighted by atomic mass is 32.2. The number of para-hydroxylation sites is 1. The van der Waals surface area contributed by atoms with E-state index >= 15 is 0 Å². The zero-order valence-corrected chi connectivity index (χ0v) is 16.0. The summed E-state index contributed by atoms with van der Waals surface area (Å²) >= 11 is 1.40. The molecule has 1 aliphatic rings. The molecule has 27 heavy (non-hydrogen) atoms. The number of rotatable bonds is 6. The molecule has 0 radical (unpaired) electrons. The quantitative estimate of drug-likeness (QED) is 0.820. The van der Waals surface area contributed by atoms with Gasteiger partial charge in [0.15, 0.2) is 11.6 Å². The lowest BCUT2D eigenvalue weighted by molar-refractivity contribution is -0.133. The van der Waals surface area contributed by atoms with Crippen molar-refractivity contribution in [3.8, 4) is 5.75 Å². The molecule has 1 aliphatic heterocycles. The molecule has 2 aromatic carbocycles. The molecular formula is C20H21FN2O3S. The Morgan fingerprint density at radius 2 is 2.07 bits per heavy atom. The highest BCUT2D eigenvalue weighted by molar-refractivity contribution is 8.01. The second-order valence-corrected chi connectivity index (χ2v) is 7.42. The number of halogens is 1. The number of fused-ring (bicyclic) bond motifs is 1. The van der Waals surface area contributed by atoms with E-state index in [1.807, 2.05) is 31.2 Å². The first kappa shape index (κ1) is 19.2. The Morgan fingerprint density at radius 1 is 1.30 bits per heavy atom. The zero-order chi connectivity index (χ0) is 19.4. The molecular weight excluding hydrogens is 367 g/mol. The lowest BCUT2D eigenvalue weighted by atomic mass is 10.1. The molecule has 0 aliphatic carbocycles. The number of amides is 2. The van der Waals surface area contributed by atoms with Crippen molar-refractivity contribution in [2.75, 3.05) is 19.0 Å². The second-order valence-electron chi connectivity index (χ2n) is 6.17. The highest BCUT2D eigenvalue weighted by Crippen LogP contribution is 2.36. The number of thioether (sulfide) groups is 1. The van der Waals surface area contributed by atoms with Gasteiger partial charge < -0.3 is 15.0 Å². The Balaban J connectivity index is 1.67. The maximum atomic E-state index is 13.9. The highest BCUT2D eigenvalue weighted by Gasteiger charge is 2.30. The topological polar surface area (TPSA) is 58.6 Å². The van der Waals surface area contributed by atoms with Crippen LogP contribution in [0.2, 0.25) is 0 Å². The van der Waals surface area contributed by atoms with Crippen LogP contribution in [-0.2, 0) is 16.1 Å². The summed E-state index contributed by atoms with van der Waals surface area (Å²) in [7, 11) is 1.41. The van der Waals surface area contributed by atoms with Crippen molar-refractivity contribution in [2.45, 2.75) is 30.0 Å². The molecule has 2 aromatic rings. The molecule has 5 nitrogen and oxygen atoms in total. The summed E-state index contributed by atoms with van der Waals surface area (Å²) in [6.07, 6.45) is 0.0946. The Bertz CT molecular complexity index is 859. The third-order valence-electron chi connectivity index (χ3n) is 4.39. The van der Waals surface area contributed by atoms with Crippen LogP contribution in [0.1, 0.15) is 18.9 Å². The predicted octanol–water partition coefficient (Wildman–Crippen LogP) is 3.69. The van der Waals surface area contributed by atoms with Crippen LogP contribution in [0.4, 0.5) is 10.1 Å². The first-order valence-electron chi connectivity index (χ1n) is 8.68. The van der Waals surface area contributed by atoms with Gasteiger partial charge in [-0.25, -0.2) is 4.39 Å². The van der Waals surface area contributed by atoms with Gasteiger partial charge in [0.2, 0.25) is 11.8 Å². The lowest BCUT2D eigenvalue weighted by Gasteiger charge is -2.27. The average molecular weight is 388 g/mol. The van der Waals surface area contributed by atoms with Crippen molar-refractivity contribution in [1.82, 2.24) is 4.90 Å². The molecule has 1 atom stereocenters. The smallest absolute Gasteiger partial charge is 0.238 e. The molecule has 0 aromatic heterocycles. The summed E-state index contributed by atoms with van der Waals surface area (Å²) < 4.78 is 18.8. The van der Waals surface area contributed by atoms with E-state index in [0.29, 0.717) is 12.1 Å². The summed E-state index contributed by atoms with van der Waals surface area (Å²) in [5.41, 5.74) is 1.45. The van der Waals surface area contributed by atoms with Crippen LogP contribution in [0, 0.1) is 5.82 Å². The van der Waals surface area contributed by atoms with Crippen LogP contribution >= 0.6 is 11.8 Å². The monoisotopic (exact) mass is 388 g/mol. The van der Waals surface area contributed by atoms with E-state index in [4.69, 9.17) is 4.74 Å². The molecule has 1 heterocycles. The maximum absolute atomic E-state index is 13.9. The second kappa shape index (κ2) is 8.43. The molecule has 0 bridgehead atoms. The van der Waals surface area contributed by atoms with Gasteiger partial charge in [0.1, 0.15) is 0 Å². The Kier molecular flexibility index (Phi) is 6.01.